The molecule has 1 N–H and O–H groups in total. The van der Waals surface area contributed by atoms with Gasteiger partial charge in [0.25, 0.3) is 0 Å². The SMILES string of the molecule is CCc1nsc(NC(=O)Cc2ccc3ccsc3c2)c1Cl. The lowest BCUT2D eigenvalue weighted by Gasteiger charge is -2.03. The number of thiophene rings is 1. The molecule has 6 heteroatoms. The lowest BCUT2D eigenvalue weighted by molar-refractivity contribution is -0.115. The zero-order chi connectivity index (χ0) is 14.8. The lowest BCUT2D eigenvalue weighted by Crippen LogP contribution is -2.13. The minimum absolute atomic E-state index is 0.0703. The average molecular weight is 337 g/mol. The van der Waals surface area contributed by atoms with Crippen LogP contribution < -0.4 is 5.32 Å². The summed E-state index contributed by atoms with van der Waals surface area (Å²) in [5.74, 6) is -0.0703. The first kappa shape index (κ1) is 14.5. The molecule has 0 radical (unpaired) electrons. The number of nitrogens with zero attached hydrogens (tertiary/aromatic N) is 1. The molecule has 0 unspecified atom stereocenters. The highest BCUT2D eigenvalue weighted by Crippen LogP contribution is 2.30. The molecule has 2 aromatic heterocycles. The molecule has 0 fully saturated rings. The maximum Gasteiger partial charge on any atom is 0.229 e. The minimum atomic E-state index is -0.0703. The molecule has 0 aliphatic rings. The van der Waals surface area contributed by atoms with Crippen LogP contribution >= 0.6 is 34.5 Å². The van der Waals surface area contributed by atoms with Gasteiger partial charge in [-0.1, -0.05) is 30.7 Å². The Morgan fingerprint density at radius 2 is 2.24 bits per heavy atom. The van der Waals surface area contributed by atoms with Gasteiger partial charge in [0.1, 0.15) is 5.00 Å². The van der Waals surface area contributed by atoms with Gasteiger partial charge >= 0.3 is 0 Å². The van der Waals surface area contributed by atoms with Crippen molar-refractivity contribution in [2.75, 3.05) is 5.32 Å². The highest BCUT2D eigenvalue weighted by molar-refractivity contribution is 7.17. The van der Waals surface area contributed by atoms with Gasteiger partial charge in [0, 0.05) is 4.70 Å². The number of hydrogen-bond acceptors (Lipinski definition) is 4. The predicted molar refractivity (Wildman–Crippen MR) is 90.7 cm³/mol. The van der Waals surface area contributed by atoms with Gasteiger partial charge in [-0.3, -0.25) is 4.79 Å². The molecule has 0 aliphatic carbocycles. The van der Waals surface area contributed by atoms with Crippen LogP contribution in [0.1, 0.15) is 18.2 Å². The number of rotatable bonds is 4. The van der Waals surface area contributed by atoms with Crippen molar-refractivity contribution in [1.82, 2.24) is 4.37 Å². The van der Waals surface area contributed by atoms with Crippen LogP contribution in [-0.4, -0.2) is 10.3 Å². The summed E-state index contributed by atoms with van der Waals surface area (Å²) in [5.41, 5.74) is 1.83. The molecule has 0 saturated carbocycles. The molecule has 3 nitrogen and oxygen atoms in total. The van der Waals surface area contributed by atoms with Gasteiger partial charge in [-0.2, -0.15) is 4.37 Å². The Hall–Kier alpha value is -1.43. The van der Waals surface area contributed by atoms with E-state index in [9.17, 15) is 4.79 Å². The molecular weight excluding hydrogens is 324 g/mol. The van der Waals surface area contributed by atoms with Crippen LogP contribution in [0.5, 0.6) is 0 Å². The summed E-state index contributed by atoms with van der Waals surface area (Å²) in [4.78, 5) is 12.1. The maximum atomic E-state index is 12.1. The Morgan fingerprint density at radius 3 is 3.00 bits per heavy atom. The van der Waals surface area contributed by atoms with E-state index >= 15 is 0 Å². The molecule has 0 saturated heterocycles. The van der Waals surface area contributed by atoms with Crippen molar-refractivity contribution in [3.63, 3.8) is 0 Å². The Bertz CT molecular complexity index is 794. The van der Waals surface area contributed by atoms with Gasteiger partial charge < -0.3 is 5.32 Å². The zero-order valence-electron chi connectivity index (χ0n) is 11.4. The topological polar surface area (TPSA) is 42.0 Å². The molecular formula is C15H13ClN2OS2. The van der Waals surface area contributed by atoms with E-state index in [1.165, 1.54) is 21.6 Å². The molecule has 0 bridgehead atoms. The quantitative estimate of drug-likeness (QED) is 0.746. The summed E-state index contributed by atoms with van der Waals surface area (Å²) in [6.45, 7) is 1.99. The molecule has 3 rings (SSSR count). The van der Waals surface area contributed by atoms with E-state index in [0.29, 0.717) is 16.4 Å². The van der Waals surface area contributed by atoms with Crippen LogP contribution in [0.15, 0.2) is 29.6 Å². The van der Waals surface area contributed by atoms with Gasteiger partial charge in [0.05, 0.1) is 17.1 Å². The van der Waals surface area contributed by atoms with Crippen LogP contribution in [-0.2, 0) is 17.6 Å². The van der Waals surface area contributed by atoms with E-state index < -0.39 is 0 Å². The highest BCUT2D eigenvalue weighted by Gasteiger charge is 2.13. The summed E-state index contributed by atoms with van der Waals surface area (Å²) < 4.78 is 5.42. The number of aryl methyl sites for hydroxylation is 1. The Balaban J connectivity index is 1.72. The Morgan fingerprint density at radius 1 is 1.38 bits per heavy atom. The van der Waals surface area contributed by atoms with Crippen molar-refractivity contribution < 1.29 is 4.79 Å². The van der Waals surface area contributed by atoms with Crippen LogP contribution in [0, 0.1) is 0 Å². The summed E-state index contributed by atoms with van der Waals surface area (Å²) >= 11 is 9.08. The second-order valence-electron chi connectivity index (χ2n) is 4.64. The molecule has 2 heterocycles. The van der Waals surface area contributed by atoms with Gasteiger partial charge in [-0.15, -0.1) is 11.3 Å². The molecule has 0 spiro atoms. The lowest BCUT2D eigenvalue weighted by atomic mass is 10.1. The second kappa shape index (κ2) is 6.13. The number of aromatic nitrogens is 1. The van der Waals surface area contributed by atoms with Crippen molar-refractivity contribution in [2.45, 2.75) is 19.8 Å². The number of carbonyl (C=O) groups is 1. The highest BCUT2D eigenvalue weighted by atomic mass is 35.5. The van der Waals surface area contributed by atoms with E-state index in [1.807, 2.05) is 19.1 Å². The first-order valence-electron chi connectivity index (χ1n) is 6.57. The minimum Gasteiger partial charge on any atom is -0.315 e. The normalized spacial score (nSPS) is 11.0. The Kier molecular flexibility index (Phi) is 4.24. The fourth-order valence-electron chi connectivity index (χ4n) is 2.07. The predicted octanol–water partition coefficient (Wildman–Crippen LogP) is 4.75. The number of halogens is 1. The van der Waals surface area contributed by atoms with Gasteiger partial charge in [-0.05, 0) is 46.4 Å². The Labute approximate surface area is 135 Å². The smallest absolute Gasteiger partial charge is 0.229 e. The first-order chi connectivity index (χ1) is 10.2. The molecule has 0 atom stereocenters. The van der Waals surface area contributed by atoms with Crippen molar-refractivity contribution in [2.24, 2.45) is 0 Å². The third-order valence-electron chi connectivity index (χ3n) is 3.17. The van der Waals surface area contributed by atoms with Gasteiger partial charge in [-0.25, -0.2) is 0 Å². The number of benzene rings is 1. The molecule has 21 heavy (non-hydrogen) atoms. The van der Waals surface area contributed by atoms with Crippen molar-refractivity contribution in [3.8, 4) is 0 Å². The number of amides is 1. The van der Waals surface area contributed by atoms with Crippen LogP contribution in [0.3, 0.4) is 0 Å². The van der Waals surface area contributed by atoms with E-state index in [-0.39, 0.29) is 5.91 Å². The van der Waals surface area contributed by atoms with Crippen LogP contribution in [0.2, 0.25) is 5.02 Å². The fraction of sp³-hybridized carbons (Fsp3) is 0.200. The van der Waals surface area contributed by atoms with Crippen LogP contribution in [0.4, 0.5) is 5.00 Å². The van der Waals surface area contributed by atoms with E-state index in [4.69, 9.17) is 11.6 Å². The largest absolute Gasteiger partial charge is 0.315 e. The number of fused-ring (bicyclic) bond motifs is 1. The summed E-state index contributed by atoms with van der Waals surface area (Å²) in [6.07, 6.45) is 1.10. The molecule has 1 amide bonds. The number of carbonyl (C=O) groups excluding carboxylic acids is 1. The molecule has 3 aromatic rings. The third-order valence-corrected chi connectivity index (χ3v) is 5.37. The first-order valence-corrected chi connectivity index (χ1v) is 8.60. The van der Waals surface area contributed by atoms with Crippen molar-refractivity contribution in [1.29, 1.82) is 0 Å². The summed E-state index contributed by atoms with van der Waals surface area (Å²) in [6, 6.07) is 8.17. The number of anilines is 1. The zero-order valence-corrected chi connectivity index (χ0v) is 13.7. The van der Waals surface area contributed by atoms with E-state index in [2.05, 4.69) is 27.2 Å². The number of hydrogen-bond donors (Lipinski definition) is 1. The van der Waals surface area contributed by atoms with Crippen molar-refractivity contribution >= 4 is 55.5 Å². The van der Waals surface area contributed by atoms with Gasteiger partial charge in [0.15, 0.2) is 0 Å². The average Bonchev–Trinajstić information content (AvgIpc) is 3.06. The van der Waals surface area contributed by atoms with Crippen molar-refractivity contribution in [3.05, 3.63) is 45.9 Å². The number of nitrogens with one attached hydrogen (secondary N) is 1. The summed E-state index contributed by atoms with van der Waals surface area (Å²) in [5, 5.41) is 7.30. The van der Waals surface area contributed by atoms with Gasteiger partial charge in [0.2, 0.25) is 5.91 Å². The monoisotopic (exact) mass is 336 g/mol. The second-order valence-corrected chi connectivity index (χ2v) is 6.74. The molecule has 1 aromatic carbocycles. The van der Waals surface area contributed by atoms with E-state index in [0.717, 1.165) is 17.7 Å². The summed E-state index contributed by atoms with van der Waals surface area (Å²) in [7, 11) is 0. The fourth-order valence-corrected chi connectivity index (χ4v) is 4.08. The maximum absolute atomic E-state index is 12.1. The molecule has 0 aliphatic heterocycles. The van der Waals surface area contributed by atoms with Crippen LogP contribution in [0.25, 0.3) is 10.1 Å². The third kappa shape index (κ3) is 3.10. The molecule has 108 valence electrons. The standard InChI is InChI=1S/C15H13ClN2OS2/c1-2-11-14(16)15(21-18-11)17-13(19)8-9-3-4-10-5-6-20-12(10)7-9/h3-7H,2,8H2,1H3,(H,17,19). The van der Waals surface area contributed by atoms with E-state index in [1.54, 1.807) is 11.3 Å².